The minimum atomic E-state index is -0.445. The fourth-order valence-electron chi connectivity index (χ4n) is 2.62. The Hall–Kier alpha value is -2.02. The van der Waals surface area contributed by atoms with Gasteiger partial charge in [-0.25, -0.2) is 0 Å². The van der Waals surface area contributed by atoms with E-state index >= 15 is 0 Å². The van der Waals surface area contributed by atoms with Gasteiger partial charge < -0.3 is 25.8 Å². The average Bonchev–Trinajstić information content (AvgIpc) is 2.45. The van der Waals surface area contributed by atoms with E-state index in [9.17, 15) is 4.79 Å². The highest BCUT2D eigenvalue weighted by molar-refractivity contribution is 7.80. The number of nitrogens with two attached hydrogens (primary N) is 1. The van der Waals surface area contributed by atoms with Crippen LogP contribution in [0.15, 0.2) is 18.2 Å². The first-order valence-corrected chi connectivity index (χ1v) is 6.97. The van der Waals surface area contributed by atoms with Crippen LogP contribution in [0.1, 0.15) is 18.5 Å². The van der Waals surface area contributed by atoms with E-state index in [1.165, 1.54) is 0 Å². The van der Waals surface area contributed by atoms with Gasteiger partial charge in [0.15, 0.2) is 5.11 Å². The number of amides is 1. The SMILES string of the molecule is COc1ccc(C2NC(=S)NC(C)C2C(N)=O)c(OC)c1. The summed E-state index contributed by atoms with van der Waals surface area (Å²) in [6.07, 6.45) is 0. The summed E-state index contributed by atoms with van der Waals surface area (Å²) in [4.78, 5) is 11.8. The molecule has 7 heteroatoms. The van der Waals surface area contributed by atoms with Crippen molar-refractivity contribution in [3.05, 3.63) is 23.8 Å². The number of methoxy groups -OCH3 is 2. The molecule has 1 aliphatic rings. The molecule has 1 saturated heterocycles. The van der Waals surface area contributed by atoms with E-state index in [-0.39, 0.29) is 12.1 Å². The van der Waals surface area contributed by atoms with Crippen LogP contribution in [0.25, 0.3) is 0 Å². The third-order valence-electron chi connectivity index (χ3n) is 3.65. The van der Waals surface area contributed by atoms with E-state index < -0.39 is 11.8 Å². The number of ether oxygens (including phenoxy) is 2. The number of carbonyl (C=O) groups is 1. The Labute approximate surface area is 129 Å². The molecule has 1 aromatic rings. The highest BCUT2D eigenvalue weighted by Crippen LogP contribution is 2.35. The summed E-state index contributed by atoms with van der Waals surface area (Å²) in [5.74, 6) is 0.456. The van der Waals surface area contributed by atoms with Crippen LogP contribution in [0.2, 0.25) is 0 Å². The molecule has 3 atom stereocenters. The molecule has 6 nitrogen and oxygen atoms in total. The lowest BCUT2D eigenvalue weighted by Gasteiger charge is -2.38. The molecular weight excluding hydrogens is 290 g/mol. The number of carbonyl (C=O) groups excluding carboxylic acids is 1. The van der Waals surface area contributed by atoms with E-state index in [1.807, 2.05) is 19.1 Å². The number of primary amides is 1. The third kappa shape index (κ3) is 3.02. The van der Waals surface area contributed by atoms with Crippen molar-refractivity contribution in [2.75, 3.05) is 14.2 Å². The predicted molar refractivity (Wildman–Crippen MR) is 83.3 cm³/mol. The summed E-state index contributed by atoms with van der Waals surface area (Å²) >= 11 is 5.19. The Balaban J connectivity index is 2.45. The zero-order chi connectivity index (χ0) is 15.6. The minimum Gasteiger partial charge on any atom is -0.497 e. The summed E-state index contributed by atoms with van der Waals surface area (Å²) in [5, 5.41) is 6.62. The molecule has 1 amide bonds. The summed E-state index contributed by atoms with van der Waals surface area (Å²) < 4.78 is 10.6. The maximum atomic E-state index is 11.8. The zero-order valence-corrected chi connectivity index (χ0v) is 13.0. The number of nitrogens with one attached hydrogen (secondary N) is 2. The van der Waals surface area contributed by atoms with Gasteiger partial charge in [0.05, 0.1) is 26.2 Å². The molecule has 1 aromatic carbocycles. The summed E-state index contributed by atoms with van der Waals surface area (Å²) in [5.41, 5.74) is 6.37. The Morgan fingerprint density at radius 1 is 1.29 bits per heavy atom. The molecule has 0 aliphatic carbocycles. The van der Waals surface area contributed by atoms with Crippen LogP contribution >= 0.6 is 12.2 Å². The van der Waals surface area contributed by atoms with Crippen LogP contribution in [0.4, 0.5) is 0 Å². The molecule has 0 saturated carbocycles. The molecule has 1 fully saturated rings. The van der Waals surface area contributed by atoms with Crippen LogP contribution < -0.4 is 25.8 Å². The highest BCUT2D eigenvalue weighted by Gasteiger charge is 2.38. The first kappa shape index (κ1) is 15.4. The number of hydrogen-bond donors (Lipinski definition) is 3. The van der Waals surface area contributed by atoms with Gasteiger partial charge >= 0.3 is 0 Å². The quantitative estimate of drug-likeness (QED) is 0.710. The van der Waals surface area contributed by atoms with Gasteiger partial charge in [0.2, 0.25) is 5.91 Å². The molecular formula is C14H19N3O3S. The average molecular weight is 309 g/mol. The number of rotatable bonds is 4. The van der Waals surface area contributed by atoms with Gasteiger partial charge in [-0.3, -0.25) is 4.79 Å². The van der Waals surface area contributed by atoms with E-state index in [1.54, 1.807) is 20.3 Å². The lowest BCUT2D eigenvalue weighted by atomic mass is 9.85. The first-order valence-electron chi connectivity index (χ1n) is 6.56. The van der Waals surface area contributed by atoms with Crippen LogP contribution in [0.5, 0.6) is 11.5 Å². The number of thiocarbonyl (C=S) groups is 1. The summed E-state index contributed by atoms with van der Waals surface area (Å²) in [7, 11) is 3.15. The number of benzene rings is 1. The molecule has 2 rings (SSSR count). The molecule has 0 spiro atoms. The smallest absolute Gasteiger partial charge is 0.225 e. The van der Waals surface area contributed by atoms with Crippen LogP contribution in [0.3, 0.4) is 0 Å². The van der Waals surface area contributed by atoms with Crippen molar-refractivity contribution in [2.24, 2.45) is 11.7 Å². The molecule has 0 radical (unpaired) electrons. The number of hydrogen-bond acceptors (Lipinski definition) is 4. The van der Waals surface area contributed by atoms with Crippen LogP contribution in [-0.4, -0.2) is 31.3 Å². The van der Waals surface area contributed by atoms with Crippen molar-refractivity contribution < 1.29 is 14.3 Å². The molecule has 0 bridgehead atoms. The molecule has 114 valence electrons. The summed E-state index contributed by atoms with van der Waals surface area (Å²) in [6.45, 7) is 1.88. The minimum absolute atomic E-state index is 0.159. The van der Waals surface area contributed by atoms with Crippen molar-refractivity contribution in [3.8, 4) is 11.5 Å². The molecule has 1 heterocycles. The van der Waals surface area contributed by atoms with E-state index in [0.717, 1.165) is 5.56 Å². The van der Waals surface area contributed by atoms with Crippen molar-refractivity contribution >= 4 is 23.2 Å². The van der Waals surface area contributed by atoms with Crippen molar-refractivity contribution in [2.45, 2.75) is 19.0 Å². The second-order valence-corrected chi connectivity index (χ2v) is 5.33. The molecule has 21 heavy (non-hydrogen) atoms. The Morgan fingerprint density at radius 3 is 2.57 bits per heavy atom. The van der Waals surface area contributed by atoms with Crippen LogP contribution in [0, 0.1) is 5.92 Å². The van der Waals surface area contributed by atoms with Gasteiger partial charge in [-0.1, -0.05) is 0 Å². The van der Waals surface area contributed by atoms with E-state index in [2.05, 4.69) is 10.6 Å². The van der Waals surface area contributed by atoms with E-state index in [0.29, 0.717) is 16.6 Å². The summed E-state index contributed by atoms with van der Waals surface area (Å²) in [6, 6.07) is 4.93. The van der Waals surface area contributed by atoms with Gasteiger partial charge in [0, 0.05) is 17.7 Å². The van der Waals surface area contributed by atoms with Crippen molar-refractivity contribution in [1.82, 2.24) is 10.6 Å². The Bertz CT molecular complexity index is 564. The maximum absolute atomic E-state index is 11.8. The van der Waals surface area contributed by atoms with Gasteiger partial charge in [0.1, 0.15) is 11.5 Å². The van der Waals surface area contributed by atoms with Gasteiger partial charge in [-0.05, 0) is 31.3 Å². The van der Waals surface area contributed by atoms with Gasteiger partial charge in [-0.15, -0.1) is 0 Å². The fourth-order valence-corrected chi connectivity index (χ4v) is 2.93. The van der Waals surface area contributed by atoms with E-state index in [4.69, 9.17) is 27.4 Å². The lowest BCUT2D eigenvalue weighted by Crippen LogP contribution is -2.58. The second kappa shape index (κ2) is 6.17. The third-order valence-corrected chi connectivity index (χ3v) is 3.88. The molecule has 0 aromatic heterocycles. The predicted octanol–water partition coefficient (Wildman–Crippen LogP) is 0.713. The zero-order valence-electron chi connectivity index (χ0n) is 12.2. The second-order valence-electron chi connectivity index (χ2n) is 4.92. The molecule has 4 N–H and O–H groups in total. The molecule has 1 aliphatic heterocycles. The topological polar surface area (TPSA) is 85.6 Å². The fraction of sp³-hybridized carbons (Fsp3) is 0.429. The monoisotopic (exact) mass is 309 g/mol. The van der Waals surface area contributed by atoms with Gasteiger partial charge in [-0.2, -0.15) is 0 Å². The maximum Gasteiger partial charge on any atom is 0.225 e. The van der Waals surface area contributed by atoms with Crippen LogP contribution in [-0.2, 0) is 4.79 Å². The van der Waals surface area contributed by atoms with Crippen molar-refractivity contribution in [3.63, 3.8) is 0 Å². The van der Waals surface area contributed by atoms with Gasteiger partial charge in [0.25, 0.3) is 0 Å². The standard InChI is InChI=1S/C14H19N3O3S/c1-7-11(13(15)18)12(17-14(21)16-7)9-5-4-8(19-2)6-10(9)20-3/h4-7,11-12H,1-3H3,(H2,15,18)(H2,16,17,21). The lowest BCUT2D eigenvalue weighted by molar-refractivity contribution is -0.123. The highest BCUT2D eigenvalue weighted by atomic mass is 32.1. The Kier molecular flexibility index (Phi) is 4.52. The first-order chi connectivity index (χ1) is 9.97. The normalized spacial score (nSPS) is 24.7. The Morgan fingerprint density at radius 2 is 2.00 bits per heavy atom. The van der Waals surface area contributed by atoms with Crippen molar-refractivity contribution in [1.29, 1.82) is 0 Å². The largest absolute Gasteiger partial charge is 0.497 e. The molecule has 3 unspecified atom stereocenters.